The number of rotatable bonds is 3. The van der Waals surface area contributed by atoms with E-state index in [1.807, 2.05) is 60.7 Å². The van der Waals surface area contributed by atoms with Crippen LogP contribution < -0.4 is 4.74 Å². The molecule has 0 saturated carbocycles. The van der Waals surface area contributed by atoms with E-state index in [0.717, 1.165) is 15.6 Å². The Hall–Kier alpha value is -2.39. The monoisotopic (exact) mass is 352 g/mol. The van der Waals surface area contributed by atoms with Gasteiger partial charge in [0.2, 0.25) is 0 Å². The highest BCUT2D eigenvalue weighted by Gasteiger charge is 2.12. The quantitative estimate of drug-likeness (QED) is 0.470. The highest BCUT2D eigenvalue weighted by molar-refractivity contribution is 9.10. The lowest BCUT2D eigenvalue weighted by Crippen LogP contribution is -2.09. The highest BCUT2D eigenvalue weighted by atomic mass is 79.9. The maximum Gasteiger partial charge on any atom is 0.343 e. The molecule has 3 aromatic carbocycles. The molecule has 0 spiro atoms. The molecule has 0 N–H and O–H groups in total. The SMILES string of the molecule is O=C(Oc1ccccc1-c1ccccc1)c1cccc(Br)c1. The van der Waals surface area contributed by atoms with Crippen molar-refractivity contribution in [2.24, 2.45) is 0 Å². The van der Waals surface area contributed by atoms with Crippen molar-refractivity contribution < 1.29 is 9.53 Å². The molecular weight excluding hydrogens is 340 g/mol. The van der Waals surface area contributed by atoms with Crippen LogP contribution in [-0.2, 0) is 0 Å². The zero-order valence-corrected chi connectivity index (χ0v) is 13.3. The van der Waals surface area contributed by atoms with Crippen molar-refractivity contribution in [3.63, 3.8) is 0 Å². The Labute approximate surface area is 137 Å². The van der Waals surface area contributed by atoms with Gasteiger partial charge in [0.15, 0.2) is 0 Å². The molecule has 0 atom stereocenters. The molecular formula is C19H13BrO2. The summed E-state index contributed by atoms with van der Waals surface area (Å²) >= 11 is 3.36. The lowest BCUT2D eigenvalue weighted by atomic mass is 10.0. The first kappa shape index (κ1) is 14.5. The van der Waals surface area contributed by atoms with Gasteiger partial charge in [-0.2, -0.15) is 0 Å². The summed E-state index contributed by atoms with van der Waals surface area (Å²) in [5.74, 6) is 0.184. The molecule has 0 bridgehead atoms. The van der Waals surface area contributed by atoms with Crippen LogP contribution in [0.3, 0.4) is 0 Å². The minimum atomic E-state index is -0.371. The third-order valence-electron chi connectivity index (χ3n) is 3.23. The maximum absolute atomic E-state index is 12.3. The van der Waals surface area contributed by atoms with E-state index < -0.39 is 0 Å². The molecule has 3 aromatic rings. The van der Waals surface area contributed by atoms with Crippen molar-refractivity contribution in [1.29, 1.82) is 0 Å². The summed E-state index contributed by atoms with van der Waals surface area (Å²) in [7, 11) is 0. The zero-order chi connectivity index (χ0) is 15.4. The average Bonchev–Trinajstić information content (AvgIpc) is 2.56. The first-order chi connectivity index (χ1) is 10.7. The summed E-state index contributed by atoms with van der Waals surface area (Å²) in [5, 5.41) is 0. The van der Waals surface area contributed by atoms with Gasteiger partial charge in [-0.15, -0.1) is 0 Å². The van der Waals surface area contributed by atoms with Crippen LogP contribution in [0.2, 0.25) is 0 Å². The number of benzene rings is 3. The predicted octanol–water partition coefficient (Wildman–Crippen LogP) is 5.34. The molecule has 0 heterocycles. The summed E-state index contributed by atoms with van der Waals surface area (Å²) in [4.78, 5) is 12.3. The molecule has 0 radical (unpaired) electrons. The van der Waals surface area contributed by atoms with Crippen molar-refractivity contribution >= 4 is 21.9 Å². The molecule has 3 heteroatoms. The van der Waals surface area contributed by atoms with Gasteiger partial charge in [0.25, 0.3) is 0 Å². The number of esters is 1. The van der Waals surface area contributed by atoms with E-state index >= 15 is 0 Å². The van der Waals surface area contributed by atoms with E-state index in [1.165, 1.54) is 0 Å². The predicted molar refractivity (Wildman–Crippen MR) is 91.0 cm³/mol. The molecule has 0 saturated heterocycles. The first-order valence-electron chi connectivity index (χ1n) is 6.86. The minimum Gasteiger partial charge on any atom is -0.422 e. The van der Waals surface area contributed by atoms with E-state index in [0.29, 0.717) is 11.3 Å². The summed E-state index contributed by atoms with van der Waals surface area (Å²) in [6, 6.07) is 24.6. The number of halogens is 1. The lowest BCUT2D eigenvalue weighted by molar-refractivity contribution is 0.0735. The summed E-state index contributed by atoms with van der Waals surface area (Å²) in [6.07, 6.45) is 0. The van der Waals surface area contributed by atoms with Crippen molar-refractivity contribution in [3.8, 4) is 16.9 Å². The third kappa shape index (κ3) is 3.26. The molecule has 0 aliphatic carbocycles. The lowest BCUT2D eigenvalue weighted by Gasteiger charge is -2.10. The molecule has 0 unspecified atom stereocenters. The number of carbonyl (C=O) groups excluding carboxylic acids is 1. The van der Waals surface area contributed by atoms with Crippen LogP contribution in [0.15, 0.2) is 83.3 Å². The molecule has 0 fully saturated rings. The Morgan fingerprint density at radius 3 is 2.32 bits per heavy atom. The topological polar surface area (TPSA) is 26.3 Å². The van der Waals surface area contributed by atoms with Gasteiger partial charge in [-0.1, -0.05) is 70.5 Å². The van der Waals surface area contributed by atoms with Gasteiger partial charge in [0.1, 0.15) is 5.75 Å². The Morgan fingerprint density at radius 1 is 0.818 bits per heavy atom. The van der Waals surface area contributed by atoms with Gasteiger partial charge < -0.3 is 4.74 Å². The van der Waals surface area contributed by atoms with Gasteiger partial charge in [0.05, 0.1) is 5.56 Å². The van der Waals surface area contributed by atoms with Crippen molar-refractivity contribution in [3.05, 3.63) is 88.9 Å². The first-order valence-corrected chi connectivity index (χ1v) is 7.65. The maximum atomic E-state index is 12.3. The van der Waals surface area contributed by atoms with Crippen molar-refractivity contribution in [1.82, 2.24) is 0 Å². The van der Waals surface area contributed by atoms with E-state index in [1.54, 1.807) is 18.2 Å². The average molecular weight is 353 g/mol. The summed E-state index contributed by atoms with van der Waals surface area (Å²) < 4.78 is 6.43. The van der Waals surface area contributed by atoms with Crippen LogP contribution in [0.5, 0.6) is 5.75 Å². The fourth-order valence-electron chi connectivity index (χ4n) is 2.19. The van der Waals surface area contributed by atoms with E-state index in [9.17, 15) is 4.79 Å². The van der Waals surface area contributed by atoms with Crippen LogP contribution in [0.1, 0.15) is 10.4 Å². The smallest absolute Gasteiger partial charge is 0.343 e. The Balaban J connectivity index is 1.92. The fraction of sp³-hybridized carbons (Fsp3) is 0. The number of para-hydroxylation sites is 1. The third-order valence-corrected chi connectivity index (χ3v) is 3.73. The standard InChI is InChI=1S/C19H13BrO2/c20-16-10-6-9-15(13-16)19(21)22-18-12-5-4-11-17(18)14-7-2-1-3-8-14/h1-13H. The van der Waals surface area contributed by atoms with Gasteiger partial charge in [-0.05, 0) is 29.8 Å². The molecule has 3 rings (SSSR count). The number of hydrogen-bond donors (Lipinski definition) is 0. The summed E-state index contributed by atoms with van der Waals surface area (Å²) in [6.45, 7) is 0. The molecule has 0 amide bonds. The molecule has 0 aromatic heterocycles. The van der Waals surface area contributed by atoms with Gasteiger partial charge in [-0.25, -0.2) is 4.79 Å². The second-order valence-corrected chi connectivity index (χ2v) is 5.68. The Bertz CT molecular complexity index is 797. The fourth-order valence-corrected chi connectivity index (χ4v) is 2.59. The van der Waals surface area contributed by atoms with Crippen LogP contribution in [0.25, 0.3) is 11.1 Å². The molecule has 0 aliphatic rings. The number of carbonyl (C=O) groups is 1. The Morgan fingerprint density at radius 2 is 1.55 bits per heavy atom. The molecule has 108 valence electrons. The largest absolute Gasteiger partial charge is 0.422 e. The number of ether oxygens (including phenoxy) is 1. The van der Waals surface area contributed by atoms with E-state index in [4.69, 9.17) is 4.74 Å². The second kappa shape index (κ2) is 6.58. The summed E-state index contributed by atoms with van der Waals surface area (Å²) in [5.41, 5.74) is 2.42. The molecule has 2 nitrogen and oxygen atoms in total. The molecule has 22 heavy (non-hydrogen) atoms. The van der Waals surface area contributed by atoms with Crippen molar-refractivity contribution in [2.75, 3.05) is 0 Å². The van der Waals surface area contributed by atoms with Crippen molar-refractivity contribution in [2.45, 2.75) is 0 Å². The van der Waals surface area contributed by atoms with Crippen LogP contribution >= 0.6 is 15.9 Å². The van der Waals surface area contributed by atoms with E-state index in [-0.39, 0.29) is 5.97 Å². The van der Waals surface area contributed by atoms with Gasteiger partial charge >= 0.3 is 5.97 Å². The van der Waals surface area contributed by atoms with Crippen LogP contribution in [-0.4, -0.2) is 5.97 Å². The second-order valence-electron chi connectivity index (χ2n) is 4.76. The number of hydrogen-bond acceptors (Lipinski definition) is 2. The highest BCUT2D eigenvalue weighted by Crippen LogP contribution is 2.30. The van der Waals surface area contributed by atoms with Gasteiger partial charge in [-0.3, -0.25) is 0 Å². The Kier molecular flexibility index (Phi) is 4.35. The van der Waals surface area contributed by atoms with Crippen LogP contribution in [0.4, 0.5) is 0 Å². The minimum absolute atomic E-state index is 0.371. The molecule has 0 aliphatic heterocycles. The zero-order valence-electron chi connectivity index (χ0n) is 11.7. The van der Waals surface area contributed by atoms with Gasteiger partial charge in [0, 0.05) is 10.0 Å². The van der Waals surface area contributed by atoms with E-state index in [2.05, 4.69) is 15.9 Å². The van der Waals surface area contributed by atoms with Crippen LogP contribution in [0, 0.1) is 0 Å². The normalized spacial score (nSPS) is 10.2.